The van der Waals surface area contributed by atoms with Gasteiger partial charge in [-0.25, -0.2) is 10.2 Å². The zero-order valence-corrected chi connectivity index (χ0v) is 18.5. The molecule has 0 aliphatic carbocycles. The van der Waals surface area contributed by atoms with E-state index in [1.807, 2.05) is 24.3 Å². The first-order chi connectivity index (χ1) is 16.0. The van der Waals surface area contributed by atoms with Crippen molar-refractivity contribution < 1.29 is 23.8 Å². The number of carbonyl (C=O) groups is 2. The van der Waals surface area contributed by atoms with Crippen LogP contribution in [-0.4, -0.2) is 66.2 Å². The number of hydrogen-bond donors (Lipinski definition) is 3. The number of furan rings is 1. The van der Waals surface area contributed by atoms with E-state index in [-0.39, 0.29) is 17.9 Å². The van der Waals surface area contributed by atoms with E-state index in [0.717, 1.165) is 49.5 Å². The van der Waals surface area contributed by atoms with Gasteiger partial charge in [-0.15, -0.1) is 0 Å². The molecule has 0 atom stereocenters. The fourth-order valence-corrected chi connectivity index (χ4v) is 3.83. The normalized spacial score (nSPS) is 14.8. The van der Waals surface area contributed by atoms with Crippen molar-refractivity contribution in [1.82, 2.24) is 20.7 Å². The molecule has 0 spiro atoms. The van der Waals surface area contributed by atoms with Gasteiger partial charge in [0.25, 0.3) is 5.91 Å². The number of amides is 2. The molecule has 33 heavy (non-hydrogen) atoms. The Morgan fingerprint density at radius 2 is 1.79 bits per heavy atom. The van der Waals surface area contributed by atoms with Crippen LogP contribution in [0.25, 0.3) is 11.0 Å². The van der Waals surface area contributed by atoms with Crippen molar-refractivity contribution >= 4 is 23.0 Å². The fraction of sp³-hybridized carbons (Fsp3) is 0.333. The highest BCUT2D eigenvalue weighted by Crippen LogP contribution is 2.21. The van der Waals surface area contributed by atoms with Crippen molar-refractivity contribution in [3.05, 3.63) is 65.4 Å². The molecule has 3 N–H and O–H groups in total. The minimum absolute atomic E-state index is 0.0795. The number of rotatable bonds is 6. The van der Waals surface area contributed by atoms with Gasteiger partial charge < -0.3 is 14.3 Å². The molecule has 1 aliphatic heterocycles. The van der Waals surface area contributed by atoms with Gasteiger partial charge in [0, 0.05) is 38.1 Å². The highest BCUT2D eigenvalue weighted by molar-refractivity contribution is 5.97. The van der Waals surface area contributed by atoms with Gasteiger partial charge in [-0.05, 0) is 30.7 Å². The number of ether oxygens (including phenoxy) is 1. The van der Waals surface area contributed by atoms with Crippen LogP contribution in [0.1, 0.15) is 21.7 Å². The lowest BCUT2D eigenvalue weighted by Crippen LogP contribution is -2.47. The van der Waals surface area contributed by atoms with E-state index < -0.39 is 12.0 Å². The number of fused-ring (bicyclic) bond motifs is 1. The maximum Gasteiger partial charge on any atom is 0.426 e. The third-order valence-electron chi connectivity index (χ3n) is 5.72. The zero-order chi connectivity index (χ0) is 23.2. The van der Waals surface area contributed by atoms with Crippen LogP contribution in [-0.2, 0) is 11.3 Å². The molecule has 0 saturated carbocycles. The lowest BCUT2D eigenvalue weighted by atomic mass is 10.1. The Hall–Kier alpha value is -3.56. The summed E-state index contributed by atoms with van der Waals surface area (Å²) < 4.78 is 11.0. The highest BCUT2D eigenvalue weighted by Gasteiger charge is 2.19. The molecule has 1 aliphatic rings. The molecule has 1 fully saturated rings. The number of aromatic hydroxyl groups is 1. The number of aryl methyl sites for hydroxylation is 1. The van der Waals surface area contributed by atoms with Crippen LogP contribution in [0.2, 0.25) is 0 Å². The predicted molar refractivity (Wildman–Crippen MR) is 123 cm³/mol. The van der Waals surface area contributed by atoms with Gasteiger partial charge in [0.15, 0.2) is 0 Å². The van der Waals surface area contributed by atoms with Crippen molar-refractivity contribution in [2.24, 2.45) is 0 Å². The van der Waals surface area contributed by atoms with Gasteiger partial charge in [0.2, 0.25) is 0 Å². The number of hydrogen-bond acceptors (Lipinski definition) is 7. The molecule has 0 bridgehead atoms. The Labute approximate surface area is 191 Å². The summed E-state index contributed by atoms with van der Waals surface area (Å²) in [4.78, 5) is 28.5. The molecule has 1 aromatic heterocycles. The number of piperazine rings is 1. The first kappa shape index (κ1) is 22.6. The van der Waals surface area contributed by atoms with Crippen LogP contribution in [0, 0.1) is 6.92 Å². The molecule has 0 radical (unpaired) electrons. The van der Waals surface area contributed by atoms with E-state index in [1.165, 1.54) is 6.07 Å². The molecule has 2 amide bonds. The topological polar surface area (TPSA) is 107 Å². The number of benzene rings is 2. The number of nitrogens with one attached hydrogen (secondary N) is 2. The van der Waals surface area contributed by atoms with E-state index in [4.69, 9.17) is 9.15 Å². The van der Waals surface area contributed by atoms with Gasteiger partial charge in [-0.2, -0.15) is 0 Å². The van der Waals surface area contributed by atoms with Crippen molar-refractivity contribution in [2.75, 3.05) is 39.3 Å². The summed E-state index contributed by atoms with van der Waals surface area (Å²) >= 11 is 0. The van der Waals surface area contributed by atoms with Crippen LogP contribution in [0.3, 0.4) is 0 Å². The average Bonchev–Trinajstić information content (AvgIpc) is 3.23. The Kier molecular flexibility index (Phi) is 7.11. The van der Waals surface area contributed by atoms with Gasteiger partial charge in [0.05, 0.1) is 12.1 Å². The second-order valence-electron chi connectivity index (χ2n) is 8.05. The third-order valence-corrected chi connectivity index (χ3v) is 5.72. The Morgan fingerprint density at radius 1 is 1.03 bits per heavy atom. The molecule has 0 unspecified atom stereocenters. The first-order valence-electron chi connectivity index (χ1n) is 10.9. The molecule has 9 nitrogen and oxygen atoms in total. The van der Waals surface area contributed by atoms with Gasteiger partial charge in [-0.3, -0.25) is 20.0 Å². The van der Waals surface area contributed by atoms with Crippen LogP contribution in [0.5, 0.6) is 5.75 Å². The molecule has 2 aromatic carbocycles. The average molecular weight is 453 g/mol. The molecule has 4 rings (SSSR count). The predicted octanol–water partition coefficient (Wildman–Crippen LogP) is 2.64. The summed E-state index contributed by atoms with van der Waals surface area (Å²) in [5.74, 6) is 0.226. The number of carbonyl (C=O) groups excluding carboxylic acids is 2. The molecule has 1 saturated heterocycles. The number of hydrazine groups is 1. The van der Waals surface area contributed by atoms with E-state index in [1.54, 1.807) is 19.1 Å². The van der Waals surface area contributed by atoms with Gasteiger partial charge in [0.1, 0.15) is 23.7 Å². The Morgan fingerprint density at radius 3 is 2.58 bits per heavy atom. The summed E-state index contributed by atoms with van der Waals surface area (Å²) in [5, 5.41) is 11.1. The first-order valence-corrected chi connectivity index (χ1v) is 10.9. The second-order valence-corrected chi connectivity index (χ2v) is 8.05. The number of para-hydroxylation sites is 2. The lowest BCUT2D eigenvalue weighted by Gasteiger charge is -2.33. The molecule has 174 valence electrons. The summed E-state index contributed by atoms with van der Waals surface area (Å²) in [7, 11) is 0. The summed E-state index contributed by atoms with van der Waals surface area (Å²) in [6.07, 6.45) is -0.751. The molecular formula is C24H28N4O5. The second kappa shape index (κ2) is 10.4. The van der Waals surface area contributed by atoms with E-state index in [0.29, 0.717) is 12.1 Å². The highest BCUT2D eigenvalue weighted by atomic mass is 16.6. The summed E-state index contributed by atoms with van der Waals surface area (Å²) in [5.41, 5.74) is 6.00. The Bertz CT molecular complexity index is 1090. The standard InChI is InChI=1S/C24H28N4O5/c1-17-5-4-7-20(22(17)29)23(30)25-26-24(31)32-14-13-27-9-11-28(12-10-27)16-19-15-18-6-2-3-8-21(18)33-19/h2-8,15,29H,9-14,16H2,1H3,(H,25,30)(H,26,31). The van der Waals surface area contributed by atoms with Crippen LogP contribution in [0.15, 0.2) is 52.9 Å². The maximum atomic E-state index is 12.1. The number of phenolic OH excluding ortho intramolecular Hbond substituents is 1. The molecule has 3 aromatic rings. The van der Waals surface area contributed by atoms with Crippen molar-refractivity contribution in [3.63, 3.8) is 0 Å². The smallest absolute Gasteiger partial charge is 0.426 e. The molecule has 2 heterocycles. The van der Waals surface area contributed by atoms with Gasteiger partial charge >= 0.3 is 6.09 Å². The summed E-state index contributed by atoms with van der Waals surface area (Å²) in [6, 6.07) is 14.9. The van der Waals surface area contributed by atoms with E-state index in [2.05, 4.69) is 26.7 Å². The number of nitrogens with zero attached hydrogens (tertiary/aromatic N) is 2. The van der Waals surface area contributed by atoms with Crippen molar-refractivity contribution in [2.45, 2.75) is 13.5 Å². The van der Waals surface area contributed by atoms with Crippen LogP contribution >= 0.6 is 0 Å². The van der Waals surface area contributed by atoms with E-state index in [9.17, 15) is 14.7 Å². The van der Waals surface area contributed by atoms with Crippen LogP contribution in [0.4, 0.5) is 4.79 Å². The lowest BCUT2D eigenvalue weighted by molar-refractivity contribution is 0.0830. The monoisotopic (exact) mass is 452 g/mol. The molecule has 9 heteroatoms. The minimum atomic E-state index is -0.751. The molecular weight excluding hydrogens is 424 g/mol. The zero-order valence-electron chi connectivity index (χ0n) is 18.5. The quantitative estimate of drug-likeness (QED) is 0.494. The van der Waals surface area contributed by atoms with E-state index >= 15 is 0 Å². The fourth-order valence-electron chi connectivity index (χ4n) is 3.83. The maximum absolute atomic E-state index is 12.1. The van der Waals surface area contributed by atoms with Crippen molar-refractivity contribution in [3.8, 4) is 5.75 Å². The van der Waals surface area contributed by atoms with Crippen molar-refractivity contribution in [1.29, 1.82) is 0 Å². The summed E-state index contributed by atoms with van der Waals surface area (Å²) in [6.45, 7) is 6.82. The van der Waals surface area contributed by atoms with Crippen LogP contribution < -0.4 is 10.9 Å². The van der Waals surface area contributed by atoms with Gasteiger partial charge in [-0.1, -0.05) is 30.3 Å². The largest absolute Gasteiger partial charge is 0.507 e. The Balaban J connectivity index is 1.12. The third kappa shape index (κ3) is 5.82. The minimum Gasteiger partial charge on any atom is -0.507 e. The number of phenols is 1. The SMILES string of the molecule is Cc1cccc(C(=O)NNC(=O)OCCN2CCN(Cc3cc4ccccc4o3)CC2)c1O.